The van der Waals surface area contributed by atoms with E-state index in [0.717, 1.165) is 12.8 Å². The van der Waals surface area contributed by atoms with Crippen molar-refractivity contribution in [2.75, 3.05) is 11.1 Å². The van der Waals surface area contributed by atoms with E-state index in [1.807, 2.05) is 0 Å². The topological polar surface area (TPSA) is 94.1 Å². The molecule has 2 unspecified atom stereocenters. The van der Waals surface area contributed by atoms with Crippen molar-refractivity contribution in [2.24, 2.45) is 0 Å². The molecule has 0 aliphatic heterocycles. The van der Waals surface area contributed by atoms with E-state index in [4.69, 9.17) is 4.74 Å². The molecule has 0 amide bonds. The van der Waals surface area contributed by atoms with Crippen LogP contribution in [0.4, 0.5) is 14.7 Å². The summed E-state index contributed by atoms with van der Waals surface area (Å²) in [7, 11) is -3.47. The van der Waals surface area contributed by atoms with Crippen LogP contribution in [0.25, 0.3) is 22.0 Å². The highest BCUT2D eigenvalue weighted by atomic mass is 32.2. The molecule has 1 fully saturated rings. The molecule has 1 saturated carbocycles. The van der Waals surface area contributed by atoms with Crippen LogP contribution in [0.3, 0.4) is 0 Å². The first-order chi connectivity index (χ1) is 18.8. The molecule has 0 spiro atoms. The first-order valence-corrected chi connectivity index (χ1v) is 14.8. The number of anilines is 1. The van der Waals surface area contributed by atoms with Gasteiger partial charge in [-0.3, -0.25) is 0 Å². The van der Waals surface area contributed by atoms with Crippen LogP contribution in [0.5, 0.6) is 11.6 Å². The number of rotatable bonds is 8. The molecule has 1 aliphatic carbocycles. The van der Waals surface area contributed by atoms with Crippen molar-refractivity contribution in [3.05, 3.63) is 71.8 Å². The Balaban J connectivity index is 1.52. The Hall–Kier alpha value is -3.66. The average Bonchev–Trinajstić information content (AvgIpc) is 2.94. The fraction of sp³-hybridized carbons (Fsp3) is 0.345. The Morgan fingerprint density at radius 2 is 1.85 bits per heavy atom. The molecule has 2 heterocycles. The van der Waals surface area contributed by atoms with E-state index in [1.54, 1.807) is 68.7 Å². The number of sulfone groups is 1. The van der Waals surface area contributed by atoms with Crippen molar-refractivity contribution in [3.8, 4) is 22.9 Å². The van der Waals surface area contributed by atoms with Crippen LogP contribution in [-0.4, -0.2) is 41.3 Å². The second-order valence-electron chi connectivity index (χ2n) is 9.80. The molecular formula is C29H30F2N4O3S. The molecule has 0 radical (unpaired) electrons. The molecule has 1 aliphatic rings. The van der Waals surface area contributed by atoms with Crippen LogP contribution in [0, 0.1) is 12.7 Å². The van der Waals surface area contributed by atoms with Crippen LogP contribution < -0.4 is 10.1 Å². The van der Waals surface area contributed by atoms with Gasteiger partial charge in [0.25, 0.3) is 0 Å². The van der Waals surface area contributed by atoms with Crippen molar-refractivity contribution in [1.29, 1.82) is 0 Å². The molecule has 1 N–H and O–H groups in total. The number of alkyl halides is 1. The molecule has 7 nitrogen and oxygen atoms in total. The summed E-state index contributed by atoms with van der Waals surface area (Å²) in [6, 6.07) is 12.2. The summed E-state index contributed by atoms with van der Waals surface area (Å²) < 4.78 is 60.6. The van der Waals surface area contributed by atoms with Gasteiger partial charge in [0.05, 0.1) is 17.0 Å². The van der Waals surface area contributed by atoms with E-state index in [9.17, 15) is 12.8 Å². The van der Waals surface area contributed by atoms with Crippen molar-refractivity contribution in [1.82, 2.24) is 15.0 Å². The van der Waals surface area contributed by atoms with Gasteiger partial charge in [0.1, 0.15) is 17.7 Å². The van der Waals surface area contributed by atoms with Gasteiger partial charge in [0.15, 0.2) is 9.84 Å². The molecule has 2 aromatic carbocycles. The minimum Gasteiger partial charge on any atom is -0.437 e. The third-order valence-electron chi connectivity index (χ3n) is 7.08. The number of fused-ring (bicyclic) bond motifs is 1. The molecule has 39 heavy (non-hydrogen) atoms. The standard InChI is InChI=1S/C29H30F2N4O3S/c1-3-39(36,37)17-24-21-10-4-5-11-22(21)27(18(2)26(24)31)38-28-23(12-7-14-32-28)25-13-15-33-29(35-25)34-20-9-6-8-19(30)16-20/h4-5,7,10-15,19-20H,3,6,8-9,16-17H2,1-2H3,(H,33,34,35). The van der Waals surface area contributed by atoms with Gasteiger partial charge in [-0.05, 0) is 56.2 Å². The van der Waals surface area contributed by atoms with E-state index in [2.05, 4.69) is 20.3 Å². The van der Waals surface area contributed by atoms with Gasteiger partial charge in [0.2, 0.25) is 11.8 Å². The van der Waals surface area contributed by atoms with E-state index < -0.39 is 27.6 Å². The highest BCUT2D eigenvalue weighted by Gasteiger charge is 2.24. The third kappa shape index (κ3) is 5.85. The number of nitrogens with one attached hydrogen (secondary N) is 1. The maximum Gasteiger partial charge on any atom is 0.228 e. The Bertz CT molecular complexity index is 1610. The number of ether oxygens (including phenoxy) is 1. The molecule has 4 aromatic rings. The smallest absolute Gasteiger partial charge is 0.228 e. The van der Waals surface area contributed by atoms with Crippen molar-refractivity contribution in [3.63, 3.8) is 0 Å². The molecule has 0 bridgehead atoms. The van der Waals surface area contributed by atoms with Crippen molar-refractivity contribution < 1.29 is 21.9 Å². The first kappa shape index (κ1) is 26.9. The Kier molecular flexibility index (Phi) is 7.74. The lowest BCUT2D eigenvalue weighted by atomic mass is 9.94. The number of benzene rings is 2. The number of aromatic nitrogens is 3. The second kappa shape index (κ2) is 11.2. The molecule has 2 aromatic heterocycles. The van der Waals surface area contributed by atoms with Gasteiger partial charge in [0, 0.05) is 40.7 Å². The van der Waals surface area contributed by atoms with Crippen LogP contribution in [-0.2, 0) is 15.6 Å². The van der Waals surface area contributed by atoms with E-state index in [1.165, 1.54) is 0 Å². The van der Waals surface area contributed by atoms with Gasteiger partial charge >= 0.3 is 0 Å². The Morgan fingerprint density at radius 1 is 1.05 bits per heavy atom. The quantitative estimate of drug-likeness (QED) is 0.265. The fourth-order valence-corrected chi connectivity index (χ4v) is 5.90. The molecule has 0 saturated heterocycles. The maximum absolute atomic E-state index is 15.7. The minimum atomic E-state index is -3.47. The summed E-state index contributed by atoms with van der Waals surface area (Å²) in [6.07, 6.45) is 5.01. The number of nitrogens with zero attached hydrogens (tertiary/aromatic N) is 3. The monoisotopic (exact) mass is 552 g/mol. The Labute approximate surface area is 226 Å². The van der Waals surface area contributed by atoms with Crippen molar-refractivity contribution in [2.45, 2.75) is 57.5 Å². The number of hydrogen-bond donors (Lipinski definition) is 1. The van der Waals surface area contributed by atoms with Crippen LogP contribution in [0.15, 0.2) is 54.9 Å². The highest BCUT2D eigenvalue weighted by Crippen LogP contribution is 2.40. The molecule has 204 valence electrons. The molecular weight excluding hydrogens is 522 g/mol. The zero-order valence-electron chi connectivity index (χ0n) is 21.8. The Morgan fingerprint density at radius 3 is 2.62 bits per heavy atom. The van der Waals surface area contributed by atoms with Gasteiger partial charge in [-0.2, -0.15) is 0 Å². The maximum atomic E-state index is 15.7. The zero-order chi connectivity index (χ0) is 27.6. The van der Waals surface area contributed by atoms with Crippen LogP contribution in [0.1, 0.15) is 43.7 Å². The van der Waals surface area contributed by atoms with E-state index in [-0.39, 0.29) is 34.6 Å². The number of hydrogen-bond acceptors (Lipinski definition) is 7. The summed E-state index contributed by atoms with van der Waals surface area (Å²) in [6.45, 7) is 3.11. The predicted molar refractivity (Wildman–Crippen MR) is 148 cm³/mol. The highest BCUT2D eigenvalue weighted by molar-refractivity contribution is 7.90. The molecule has 5 rings (SSSR count). The van der Waals surface area contributed by atoms with Gasteiger partial charge in [-0.15, -0.1) is 0 Å². The zero-order valence-corrected chi connectivity index (χ0v) is 22.6. The van der Waals surface area contributed by atoms with Gasteiger partial charge < -0.3 is 10.1 Å². The number of halogens is 2. The molecule has 10 heteroatoms. The van der Waals surface area contributed by atoms with Gasteiger partial charge in [-0.1, -0.05) is 31.2 Å². The van der Waals surface area contributed by atoms with Crippen LogP contribution >= 0.6 is 0 Å². The lowest BCUT2D eigenvalue weighted by molar-refractivity contribution is 0.239. The van der Waals surface area contributed by atoms with Crippen molar-refractivity contribution >= 4 is 26.6 Å². The average molecular weight is 553 g/mol. The first-order valence-electron chi connectivity index (χ1n) is 13.0. The number of pyridine rings is 1. The van der Waals surface area contributed by atoms with E-state index in [0.29, 0.717) is 40.8 Å². The fourth-order valence-electron chi connectivity index (χ4n) is 4.97. The summed E-state index contributed by atoms with van der Waals surface area (Å²) in [4.78, 5) is 13.3. The SMILES string of the molecule is CCS(=O)(=O)Cc1c(F)c(C)c(Oc2ncccc2-c2ccnc(NC3CCCC(F)C3)n2)c2ccccc12. The third-order valence-corrected chi connectivity index (χ3v) is 8.69. The normalized spacial score (nSPS) is 17.7. The minimum absolute atomic E-state index is 0.0411. The van der Waals surface area contributed by atoms with Gasteiger partial charge in [-0.25, -0.2) is 32.2 Å². The summed E-state index contributed by atoms with van der Waals surface area (Å²) in [5.41, 5.74) is 1.42. The lowest BCUT2D eigenvalue weighted by Crippen LogP contribution is -2.28. The largest absolute Gasteiger partial charge is 0.437 e. The summed E-state index contributed by atoms with van der Waals surface area (Å²) >= 11 is 0. The summed E-state index contributed by atoms with van der Waals surface area (Å²) in [5.74, 6) is -0.247. The lowest BCUT2D eigenvalue weighted by Gasteiger charge is -2.25. The summed E-state index contributed by atoms with van der Waals surface area (Å²) in [5, 5.41) is 4.29. The van der Waals surface area contributed by atoms with E-state index >= 15 is 4.39 Å². The molecule has 2 atom stereocenters. The predicted octanol–water partition coefficient (Wildman–Crippen LogP) is 6.56. The second-order valence-corrected chi connectivity index (χ2v) is 12.2. The van der Waals surface area contributed by atoms with Crippen LogP contribution in [0.2, 0.25) is 0 Å².